The van der Waals surface area contributed by atoms with Crippen molar-refractivity contribution in [1.29, 1.82) is 0 Å². The van der Waals surface area contributed by atoms with E-state index in [1.54, 1.807) is 56.3 Å². The van der Waals surface area contributed by atoms with E-state index in [0.29, 0.717) is 61.4 Å². The predicted octanol–water partition coefficient (Wildman–Crippen LogP) is 6.46. The van der Waals surface area contributed by atoms with Gasteiger partial charge >= 0.3 is 5.97 Å². The number of nitrogens with zero attached hydrogens (tertiary/aromatic N) is 1. The quantitative estimate of drug-likeness (QED) is 0.0589. The monoisotopic (exact) mass is 796 g/mol. The number of allylic oxidation sites excluding steroid dienone is 1. The van der Waals surface area contributed by atoms with Crippen LogP contribution in [0.3, 0.4) is 0 Å². The van der Waals surface area contributed by atoms with Gasteiger partial charge in [0.15, 0.2) is 23.2 Å². The van der Waals surface area contributed by atoms with Crippen molar-refractivity contribution in [2.45, 2.75) is 33.4 Å². The molecular weight excluding hydrogens is 766 g/mol. The van der Waals surface area contributed by atoms with Crippen LogP contribution in [0.5, 0.6) is 17.2 Å². The van der Waals surface area contributed by atoms with Gasteiger partial charge in [0.1, 0.15) is 12.4 Å². The Morgan fingerprint density at radius 1 is 1.04 bits per heavy atom. The first-order chi connectivity index (χ1) is 22.1. The number of nitrogens with one attached hydrogen (secondary N) is 3. The molecule has 1 amide bonds. The second-order valence-corrected chi connectivity index (χ2v) is 12.1. The van der Waals surface area contributed by atoms with Gasteiger partial charge in [0.05, 0.1) is 34.6 Å². The molecule has 0 saturated carbocycles. The first-order valence-electron chi connectivity index (χ1n) is 14.1. The summed E-state index contributed by atoms with van der Waals surface area (Å²) < 4.78 is 23.8. The molecule has 0 radical (unpaired) electrons. The van der Waals surface area contributed by atoms with E-state index in [-0.39, 0.29) is 19.8 Å². The van der Waals surface area contributed by atoms with Gasteiger partial charge in [-0.25, -0.2) is 10.2 Å². The molecule has 0 spiro atoms. The minimum absolute atomic E-state index is 0.218. The second kappa shape index (κ2) is 16.8. The molecule has 14 heteroatoms. The Hall–Kier alpha value is -3.59. The normalized spacial score (nSPS) is 14.4. The number of halogens is 3. The lowest BCUT2D eigenvalue weighted by atomic mass is 9.95. The van der Waals surface area contributed by atoms with Gasteiger partial charge < -0.3 is 29.6 Å². The molecule has 10 nitrogen and oxygen atoms in total. The van der Waals surface area contributed by atoms with Crippen LogP contribution in [0.1, 0.15) is 43.5 Å². The number of carbonyl (C=O) groups excluding carboxylic acids is 2. The van der Waals surface area contributed by atoms with E-state index in [4.69, 9.17) is 54.4 Å². The number of hydrazone groups is 1. The summed E-state index contributed by atoms with van der Waals surface area (Å²) in [6.45, 7) is 5.88. The van der Waals surface area contributed by atoms with Crippen LogP contribution < -0.4 is 30.3 Å². The molecule has 46 heavy (non-hydrogen) atoms. The van der Waals surface area contributed by atoms with Gasteiger partial charge in [-0.3, -0.25) is 4.79 Å². The van der Waals surface area contributed by atoms with Crippen LogP contribution in [0.4, 0.5) is 0 Å². The van der Waals surface area contributed by atoms with Crippen LogP contribution in [-0.2, 0) is 20.9 Å². The van der Waals surface area contributed by atoms with Gasteiger partial charge in [-0.05, 0) is 91.5 Å². The fourth-order valence-electron chi connectivity index (χ4n) is 4.47. The zero-order valence-corrected chi connectivity index (χ0v) is 29.6. The average Bonchev–Trinajstić information content (AvgIpc) is 3.00. The molecule has 242 valence electrons. The van der Waals surface area contributed by atoms with Crippen molar-refractivity contribution in [2.24, 2.45) is 5.10 Å². The molecule has 3 aromatic rings. The Bertz CT molecular complexity index is 1690. The van der Waals surface area contributed by atoms with Crippen LogP contribution in [0.25, 0.3) is 0 Å². The molecule has 1 aliphatic heterocycles. The van der Waals surface area contributed by atoms with Gasteiger partial charge in [0.2, 0.25) is 0 Å². The summed E-state index contributed by atoms with van der Waals surface area (Å²) in [6.07, 6.45) is 1.50. The van der Waals surface area contributed by atoms with Crippen molar-refractivity contribution in [3.8, 4) is 17.2 Å². The maximum absolute atomic E-state index is 12.8. The largest absolute Gasteiger partial charge is 0.490 e. The number of rotatable bonds is 13. The molecule has 0 aromatic heterocycles. The Morgan fingerprint density at radius 3 is 2.57 bits per heavy atom. The third kappa shape index (κ3) is 9.24. The predicted molar refractivity (Wildman–Crippen MR) is 190 cm³/mol. The number of hydrogen-bond acceptors (Lipinski definition) is 8. The Balaban J connectivity index is 1.41. The van der Waals surface area contributed by atoms with Crippen molar-refractivity contribution < 1.29 is 28.5 Å². The maximum atomic E-state index is 12.8. The number of benzene rings is 3. The number of thiocarbonyl (C=S) groups is 1. The number of ether oxygens (including phenoxy) is 4. The molecule has 4 rings (SSSR count). The first-order valence-corrected chi connectivity index (χ1v) is 16.4. The zero-order chi connectivity index (χ0) is 33.2. The highest BCUT2D eigenvalue weighted by molar-refractivity contribution is 14.1. The van der Waals surface area contributed by atoms with Crippen LogP contribution in [0.2, 0.25) is 10.0 Å². The summed E-state index contributed by atoms with van der Waals surface area (Å²) in [5.74, 6) is 0.496. The highest BCUT2D eigenvalue weighted by Gasteiger charge is 2.32. The van der Waals surface area contributed by atoms with E-state index < -0.39 is 17.9 Å². The van der Waals surface area contributed by atoms with E-state index in [0.717, 1.165) is 9.13 Å². The fourth-order valence-corrected chi connectivity index (χ4v) is 5.98. The minimum Gasteiger partial charge on any atom is -0.490 e. The summed E-state index contributed by atoms with van der Waals surface area (Å²) in [4.78, 5) is 25.4. The van der Waals surface area contributed by atoms with Crippen molar-refractivity contribution in [3.05, 3.63) is 96.2 Å². The third-order valence-corrected chi connectivity index (χ3v) is 8.08. The lowest BCUT2D eigenvalue weighted by Gasteiger charge is -2.30. The van der Waals surface area contributed by atoms with Crippen molar-refractivity contribution >= 4 is 81.2 Å². The molecule has 0 aliphatic carbocycles. The molecule has 1 aliphatic rings. The van der Waals surface area contributed by atoms with Crippen molar-refractivity contribution in [1.82, 2.24) is 16.1 Å². The van der Waals surface area contributed by atoms with Crippen LogP contribution >= 0.6 is 58.0 Å². The van der Waals surface area contributed by atoms with Gasteiger partial charge in [0.25, 0.3) is 5.91 Å². The van der Waals surface area contributed by atoms with Crippen LogP contribution in [0, 0.1) is 3.57 Å². The maximum Gasteiger partial charge on any atom is 0.338 e. The number of carbonyl (C=O) groups is 2. The molecular formula is C32H31Cl2IN4O6S. The van der Waals surface area contributed by atoms with E-state index in [9.17, 15) is 9.59 Å². The van der Waals surface area contributed by atoms with E-state index in [1.807, 2.05) is 19.1 Å². The molecule has 3 aromatic carbocycles. The minimum atomic E-state index is -0.637. The number of esters is 1. The molecule has 0 fully saturated rings. The molecule has 0 unspecified atom stereocenters. The Kier molecular flexibility index (Phi) is 12.9. The Labute approximate surface area is 295 Å². The summed E-state index contributed by atoms with van der Waals surface area (Å²) in [7, 11) is 0. The summed E-state index contributed by atoms with van der Waals surface area (Å²) in [5.41, 5.74) is 5.49. The SMILES string of the molecule is CCOC(=O)C1=C(C)NC(=S)N[C@@H]1c1ccccc1OCC(=O)NN=Cc1cc(I)c(OCc2ccc(Cl)cc2Cl)c(OCC)c1. The second-order valence-electron chi connectivity index (χ2n) is 9.70. The summed E-state index contributed by atoms with van der Waals surface area (Å²) >= 11 is 19.8. The van der Waals surface area contributed by atoms with Crippen LogP contribution in [-0.4, -0.2) is 43.0 Å². The van der Waals surface area contributed by atoms with Crippen molar-refractivity contribution in [2.75, 3.05) is 19.8 Å². The number of hydrogen-bond donors (Lipinski definition) is 3. The van der Waals surface area contributed by atoms with Crippen molar-refractivity contribution in [3.63, 3.8) is 0 Å². The highest BCUT2D eigenvalue weighted by atomic mass is 127. The number of amides is 1. The molecule has 0 bridgehead atoms. The molecule has 3 N–H and O–H groups in total. The van der Waals surface area contributed by atoms with Gasteiger partial charge in [-0.1, -0.05) is 47.5 Å². The highest BCUT2D eigenvalue weighted by Crippen LogP contribution is 2.36. The van der Waals surface area contributed by atoms with E-state index in [2.05, 4.69) is 43.8 Å². The first kappa shape index (κ1) is 35.3. The number of para-hydroxylation sites is 1. The van der Waals surface area contributed by atoms with Gasteiger partial charge in [-0.15, -0.1) is 0 Å². The topological polar surface area (TPSA) is 120 Å². The third-order valence-electron chi connectivity index (χ3n) is 6.47. The average molecular weight is 797 g/mol. The lowest BCUT2D eigenvalue weighted by molar-refractivity contribution is -0.139. The molecule has 1 heterocycles. The zero-order valence-electron chi connectivity index (χ0n) is 25.1. The lowest BCUT2D eigenvalue weighted by Crippen LogP contribution is -2.45. The van der Waals surface area contributed by atoms with Crippen LogP contribution in [0.15, 0.2) is 71.0 Å². The van der Waals surface area contributed by atoms with E-state index >= 15 is 0 Å². The standard InChI is InChI=1S/C32H31Cl2IN4O6S/c1-4-42-26-13-19(12-24(35)30(26)45-16-20-10-11-21(33)14-23(20)34)15-36-39-27(40)17-44-25-9-7-6-8-22(25)29-28(31(41)43-5-2)18(3)37-32(46)38-29/h6-15,29H,4-5,16-17H2,1-3H3,(H,39,40)(H2,37,38,46)/t29-/m1/s1. The summed E-state index contributed by atoms with van der Waals surface area (Å²) in [6, 6.07) is 15.3. The molecule has 1 atom stereocenters. The molecule has 0 saturated heterocycles. The van der Waals surface area contributed by atoms with Gasteiger partial charge in [0, 0.05) is 26.9 Å². The Morgan fingerprint density at radius 2 is 1.83 bits per heavy atom. The van der Waals surface area contributed by atoms with E-state index in [1.165, 1.54) is 6.21 Å². The fraction of sp³-hybridized carbons (Fsp3) is 0.250. The smallest absolute Gasteiger partial charge is 0.338 e. The summed E-state index contributed by atoms with van der Waals surface area (Å²) in [5, 5.41) is 11.6. The van der Waals surface area contributed by atoms with Gasteiger partial charge in [-0.2, -0.15) is 5.10 Å².